The van der Waals surface area contributed by atoms with Crippen molar-refractivity contribution in [2.45, 2.75) is 18.6 Å². The minimum Gasteiger partial charge on any atom is -0.360 e. The van der Waals surface area contributed by atoms with Crippen LogP contribution in [-0.2, 0) is 12.6 Å². The number of nitrogens with one attached hydrogen (secondary N) is 1. The molecule has 0 aliphatic carbocycles. The molecule has 0 amide bonds. The second-order valence-electron chi connectivity index (χ2n) is 6.87. The topological polar surface area (TPSA) is 76.7 Å². The molecule has 4 rings (SSSR count). The molecule has 0 bridgehead atoms. The van der Waals surface area contributed by atoms with Gasteiger partial charge in [0.15, 0.2) is 5.13 Å². The number of alkyl halides is 3. The molecule has 0 aliphatic heterocycles. The minimum absolute atomic E-state index is 0.256. The van der Waals surface area contributed by atoms with Crippen molar-refractivity contribution in [1.82, 2.24) is 15.2 Å². The Bertz CT molecular complexity index is 1140. The third kappa shape index (κ3) is 4.74. The molecule has 0 unspecified atom stereocenters. The van der Waals surface area contributed by atoms with Crippen molar-refractivity contribution in [1.29, 1.82) is 0 Å². The molecule has 3 N–H and O–H groups in total. The number of halogens is 3. The predicted molar refractivity (Wildman–Crippen MR) is 112 cm³/mol. The van der Waals surface area contributed by atoms with Crippen LogP contribution in [0, 0.1) is 0 Å². The third-order valence-corrected chi connectivity index (χ3v) is 5.60. The van der Waals surface area contributed by atoms with Gasteiger partial charge in [-0.3, -0.25) is 0 Å². The lowest BCUT2D eigenvalue weighted by Gasteiger charge is -2.13. The Morgan fingerprint density at radius 2 is 1.87 bits per heavy atom. The Morgan fingerprint density at radius 3 is 2.63 bits per heavy atom. The molecular formula is C21H18F3N5S. The van der Waals surface area contributed by atoms with Gasteiger partial charge >= 0.3 is 6.18 Å². The molecule has 0 aliphatic rings. The molecular weight excluding hydrogens is 411 g/mol. The minimum atomic E-state index is -4.33. The molecule has 2 aromatic carbocycles. The van der Waals surface area contributed by atoms with Gasteiger partial charge < -0.3 is 11.1 Å². The monoisotopic (exact) mass is 429 g/mol. The number of aromatic nitrogens is 3. The van der Waals surface area contributed by atoms with E-state index < -0.39 is 11.7 Å². The summed E-state index contributed by atoms with van der Waals surface area (Å²) in [5.74, 6) is 0. The van der Waals surface area contributed by atoms with Gasteiger partial charge in [0, 0.05) is 24.2 Å². The quantitative estimate of drug-likeness (QED) is 0.462. The Balaban J connectivity index is 1.35. The third-order valence-electron chi connectivity index (χ3n) is 4.60. The summed E-state index contributed by atoms with van der Waals surface area (Å²) in [5.41, 5.74) is 8.11. The molecule has 5 nitrogen and oxygen atoms in total. The molecule has 2 heterocycles. The van der Waals surface area contributed by atoms with E-state index in [4.69, 9.17) is 5.73 Å². The zero-order chi connectivity index (χ0) is 21.1. The highest BCUT2D eigenvalue weighted by Gasteiger charge is 2.29. The summed E-state index contributed by atoms with van der Waals surface area (Å²) in [6.45, 7) is 0.460. The van der Waals surface area contributed by atoms with Crippen LogP contribution in [0.2, 0.25) is 0 Å². The van der Waals surface area contributed by atoms with Crippen LogP contribution in [0.25, 0.3) is 21.3 Å². The average molecular weight is 429 g/mol. The summed E-state index contributed by atoms with van der Waals surface area (Å²) in [7, 11) is 0. The van der Waals surface area contributed by atoms with Crippen molar-refractivity contribution in [3.63, 3.8) is 0 Å². The fourth-order valence-corrected chi connectivity index (χ4v) is 3.87. The smallest absolute Gasteiger partial charge is 0.360 e. The van der Waals surface area contributed by atoms with Crippen LogP contribution in [0.15, 0.2) is 60.9 Å². The van der Waals surface area contributed by atoms with Crippen molar-refractivity contribution in [3.05, 3.63) is 72.1 Å². The Morgan fingerprint density at radius 1 is 1.07 bits per heavy atom. The SMILES string of the molecule is N[C@@H](CNc1ncc(-c2ccc3nnccc3c2)s1)Cc1ccc(C(F)(F)F)cc1. The van der Waals surface area contributed by atoms with Gasteiger partial charge in [-0.05, 0) is 47.9 Å². The molecule has 0 saturated heterocycles. The first-order valence-electron chi connectivity index (χ1n) is 9.22. The largest absolute Gasteiger partial charge is 0.416 e. The van der Waals surface area contributed by atoms with Gasteiger partial charge in [-0.15, -0.1) is 0 Å². The first kappa shape index (κ1) is 20.2. The molecule has 154 valence electrons. The summed E-state index contributed by atoms with van der Waals surface area (Å²) >= 11 is 1.51. The molecule has 2 aromatic heterocycles. The highest BCUT2D eigenvalue weighted by Crippen LogP contribution is 2.31. The maximum absolute atomic E-state index is 12.6. The predicted octanol–water partition coefficient (Wildman–Crippen LogP) is 4.75. The van der Waals surface area contributed by atoms with E-state index >= 15 is 0 Å². The Labute approximate surface area is 174 Å². The number of hydrogen-bond donors (Lipinski definition) is 2. The summed E-state index contributed by atoms with van der Waals surface area (Å²) in [4.78, 5) is 5.40. The van der Waals surface area contributed by atoms with Crippen LogP contribution in [0.3, 0.4) is 0 Å². The standard InChI is InChI=1S/C21H18F3N5S/c22-21(23,24)16-4-1-13(2-5-16)9-17(25)11-26-20-27-12-19(30-20)15-3-6-18-14(10-15)7-8-28-29-18/h1-8,10,12,17H,9,11,25H2,(H,26,27)/t17-/m1/s1. The Kier molecular flexibility index (Phi) is 5.65. The molecule has 30 heavy (non-hydrogen) atoms. The number of rotatable bonds is 6. The molecule has 4 aromatic rings. The second kappa shape index (κ2) is 8.37. The zero-order valence-corrected chi connectivity index (χ0v) is 16.5. The van der Waals surface area contributed by atoms with Gasteiger partial charge in [0.2, 0.25) is 0 Å². The van der Waals surface area contributed by atoms with Crippen LogP contribution in [0.1, 0.15) is 11.1 Å². The highest BCUT2D eigenvalue weighted by atomic mass is 32.1. The Hall–Kier alpha value is -3.04. The lowest BCUT2D eigenvalue weighted by atomic mass is 10.0. The van der Waals surface area contributed by atoms with Gasteiger partial charge in [-0.1, -0.05) is 29.5 Å². The number of thiazole rings is 1. The molecule has 1 atom stereocenters. The fourth-order valence-electron chi connectivity index (χ4n) is 3.05. The van der Waals surface area contributed by atoms with Gasteiger partial charge in [0.25, 0.3) is 0 Å². The normalized spacial score (nSPS) is 12.8. The van der Waals surface area contributed by atoms with E-state index in [1.807, 2.05) is 24.3 Å². The number of hydrogen-bond acceptors (Lipinski definition) is 6. The van der Waals surface area contributed by atoms with Crippen molar-refractivity contribution in [2.24, 2.45) is 5.73 Å². The van der Waals surface area contributed by atoms with E-state index in [2.05, 4.69) is 20.5 Å². The van der Waals surface area contributed by atoms with Crippen LogP contribution >= 0.6 is 11.3 Å². The lowest BCUT2D eigenvalue weighted by molar-refractivity contribution is -0.137. The number of anilines is 1. The van der Waals surface area contributed by atoms with Gasteiger partial charge in [-0.25, -0.2) is 4.98 Å². The van der Waals surface area contributed by atoms with Gasteiger partial charge in [0.1, 0.15) is 0 Å². The van der Waals surface area contributed by atoms with Crippen molar-refractivity contribution < 1.29 is 13.2 Å². The summed E-state index contributed by atoms with van der Waals surface area (Å²) < 4.78 is 37.9. The van der Waals surface area contributed by atoms with E-state index in [0.29, 0.717) is 13.0 Å². The summed E-state index contributed by atoms with van der Waals surface area (Å²) in [6, 6.07) is 12.7. The maximum atomic E-state index is 12.6. The van der Waals surface area contributed by atoms with Crippen LogP contribution in [0.4, 0.5) is 18.3 Å². The van der Waals surface area contributed by atoms with Crippen molar-refractivity contribution >= 4 is 27.4 Å². The molecule has 9 heteroatoms. The van der Waals surface area contributed by atoms with Gasteiger partial charge in [0.05, 0.1) is 22.2 Å². The molecule has 0 fully saturated rings. The summed E-state index contributed by atoms with van der Waals surface area (Å²) in [6.07, 6.45) is -0.410. The van der Waals surface area contributed by atoms with Crippen molar-refractivity contribution in [2.75, 3.05) is 11.9 Å². The second-order valence-corrected chi connectivity index (χ2v) is 7.90. The molecule has 0 spiro atoms. The zero-order valence-electron chi connectivity index (χ0n) is 15.7. The van der Waals surface area contributed by atoms with E-state index in [9.17, 15) is 13.2 Å². The van der Waals surface area contributed by atoms with Crippen molar-refractivity contribution in [3.8, 4) is 10.4 Å². The summed E-state index contributed by atoms with van der Waals surface area (Å²) in [5, 5.41) is 12.9. The van der Waals surface area contributed by atoms with Gasteiger partial charge in [-0.2, -0.15) is 23.4 Å². The maximum Gasteiger partial charge on any atom is 0.416 e. The van der Waals surface area contributed by atoms with E-state index in [1.54, 1.807) is 12.4 Å². The number of nitrogens with two attached hydrogens (primary N) is 1. The van der Waals surface area contributed by atoms with Crippen LogP contribution in [-0.4, -0.2) is 27.8 Å². The van der Waals surface area contributed by atoms with E-state index in [1.165, 1.54) is 23.5 Å². The molecule has 0 radical (unpaired) electrons. The average Bonchev–Trinajstić information content (AvgIpc) is 3.21. The van der Waals surface area contributed by atoms with E-state index in [0.717, 1.165) is 44.2 Å². The lowest BCUT2D eigenvalue weighted by Crippen LogP contribution is -2.31. The van der Waals surface area contributed by atoms with Crippen LogP contribution < -0.4 is 11.1 Å². The van der Waals surface area contributed by atoms with Crippen LogP contribution in [0.5, 0.6) is 0 Å². The fraction of sp³-hybridized carbons (Fsp3) is 0.190. The number of benzene rings is 2. The first-order chi connectivity index (χ1) is 14.4. The number of nitrogens with zero attached hydrogens (tertiary/aromatic N) is 3. The first-order valence-corrected chi connectivity index (χ1v) is 10.0. The number of fused-ring (bicyclic) bond motifs is 1. The van der Waals surface area contributed by atoms with E-state index in [-0.39, 0.29) is 6.04 Å². The highest BCUT2D eigenvalue weighted by molar-refractivity contribution is 7.18. The molecule has 0 saturated carbocycles.